The summed E-state index contributed by atoms with van der Waals surface area (Å²) in [6.45, 7) is 0. The molecule has 68 valence electrons. The Kier molecular flexibility index (Phi) is 3.46. The van der Waals surface area contributed by atoms with Crippen LogP contribution in [0.2, 0.25) is 5.15 Å². The number of halogens is 1. The SMILES string of the molecule is CN=CC=C(N)c1ccnc(Cl)c1. The molecule has 0 fully saturated rings. The minimum absolute atomic E-state index is 0.433. The number of aliphatic imine (C=N–C) groups is 1. The van der Waals surface area contributed by atoms with Crippen molar-refractivity contribution in [3.63, 3.8) is 0 Å². The van der Waals surface area contributed by atoms with E-state index in [4.69, 9.17) is 17.3 Å². The Bertz CT molecular complexity index is 344. The topological polar surface area (TPSA) is 51.3 Å². The van der Waals surface area contributed by atoms with Gasteiger partial charge in [-0.3, -0.25) is 4.99 Å². The van der Waals surface area contributed by atoms with Crippen molar-refractivity contribution in [2.75, 3.05) is 7.05 Å². The number of hydrogen-bond acceptors (Lipinski definition) is 3. The number of rotatable bonds is 2. The molecule has 0 aliphatic carbocycles. The van der Waals surface area contributed by atoms with Gasteiger partial charge in [0.05, 0.1) is 0 Å². The highest BCUT2D eigenvalue weighted by Crippen LogP contribution is 2.11. The van der Waals surface area contributed by atoms with Gasteiger partial charge in [-0.1, -0.05) is 11.6 Å². The van der Waals surface area contributed by atoms with Gasteiger partial charge in [0, 0.05) is 30.7 Å². The lowest BCUT2D eigenvalue weighted by molar-refractivity contribution is 1.31. The maximum Gasteiger partial charge on any atom is 0.129 e. The number of nitrogens with zero attached hydrogens (tertiary/aromatic N) is 2. The minimum atomic E-state index is 0.433. The Morgan fingerprint density at radius 1 is 1.69 bits per heavy atom. The van der Waals surface area contributed by atoms with E-state index in [2.05, 4.69) is 9.98 Å². The molecule has 1 rings (SSSR count). The molecular weight excluding hydrogens is 186 g/mol. The average Bonchev–Trinajstić information content (AvgIpc) is 2.14. The molecule has 0 aliphatic rings. The number of pyridine rings is 1. The Hall–Kier alpha value is -1.35. The Balaban J connectivity index is 2.94. The molecular formula is C9H10ClN3. The molecule has 0 amide bonds. The van der Waals surface area contributed by atoms with E-state index in [9.17, 15) is 0 Å². The van der Waals surface area contributed by atoms with E-state index < -0.39 is 0 Å². The molecule has 0 radical (unpaired) electrons. The van der Waals surface area contributed by atoms with Crippen molar-refractivity contribution >= 4 is 23.5 Å². The van der Waals surface area contributed by atoms with Crippen LogP contribution < -0.4 is 5.73 Å². The molecule has 0 unspecified atom stereocenters. The first-order valence-electron chi connectivity index (χ1n) is 3.74. The Morgan fingerprint density at radius 2 is 2.46 bits per heavy atom. The molecule has 3 nitrogen and oxygen atoms in total. The van der Waals surface area contributed by atoms with E-state index in [1.54, 1.807) is 37.7 Å². The van der Waals surface area contributed by atoms with Crippen molar-refractivity contribution in [2.45, 2.75) is 0 Å². The van der Waals surface area contributed by atoms with Crippen LogP contribution in [0.1, 0.15) is 5.56 Å². The molecule has 1 aromatic heterocycles. The van der Waals surface area contributed by atoms with Crippen molar-refractivity contribution < 1.29 is 0 Å². The van der Waals surface area contributed by atoms with Crippen molar-refractivity contribution in [1.82, 2.24) is 4.98 Å². The van der Waals surface area contributed by atoms with Gasteiger partial charge >= 0.3 is 0 Å². The van der Waals surface area contributed by atoms with Crippen molar-refractivity contribution in [2.24, 2.45) is 10.7 Å². The molecule has 0 atom stereocenters. The zero-order valence-corrected chi connectivity index (χ0v) is 7.99. The third-order valence-electron chi connectivity index (χ3n) is 1.46. The maximum atomic E-state index is 5.73. The van der Waals surface area contributed by atoms with Gasteiger partial charge in [0.1, 0.15) is 5.15 Å². The van der Waals surface area contributed by atoms with Gasteiger partial charge in [-0.05, 0) is 18.2 Å². The zero-order valence-electron chi connectivity index (χ0n) is 7.24. The molecule has 0 aliphatic heterocycles. The van der Waals surface area contributed by atoms with Gasteiger partial charge < -0.3 is 5.73 Å². The molecule has 0 saturated carbocycles. The van der Waals surface area contributed by atoms with E-state index in [-0.39, 0.29) is 0 Å². The number of aromatic nitrogens is 1. The van der Waals surface area contributed by atoms with Gasteiger partial charge in [-0.2, -0.15) is 0 Å². The second-order valence-electron chi connectivity index (χ2n) is 2.40. The molecule has 13 heavy (non-hydrogen) atoms. The van der Waals surface area contributed by atoms with Gasteiger partial charge in [0.25, 0.3) is 0 Å². The van der Waals surface area contributed by atoms with Crippen LogP contribution in [0, 0.1) is 0 Å². The average molecular weight is 196 g/mol. The van der Waals surface area contributed by atoms with Crippen LogP contribution in [-0.2, 0) is 0 Å². The summed E-state index contributed by atoms with van der Waals surface area (Å²) in [6.07, 6.45) is 4.96. The van der Waals surface area contributed by atoms with Crippen LogP contribution in [0.4, 0.5) is 0 Å². The Morgan fingerprint density at radius 3 is 3.08 bits per heavy atom. The molecule has 2 N–H and O–H groups in total. The van der Waals surface area contributed by atoms with Gasteiger partial charge in [0.2, 0.25) is 0 Å². The van der Waals surface area contributed by atoms with Crippen molar-refractivity contribution in [1.29, 1.82) is 0 Å². The lowest BCUT2D eigenvalue weighted by atomic mass is 10.2. The second kappa shape index (κ2) is 4.62. The molecule has 4 heteroatoms. The van der Waals surface area contributed by atoms with Crippen LogP contribution in [-0.4, -0.2) is 18.2 Å². The summed E-state index contributed by atoms with van der Waals surface area (Å²) in [5.74, 6) is 0. The van der Waals surface area contributed by atoms with E-state index >= 15 is 0 Å². The number of hydrogen-bond donors (Lipinski definition) is 1. The molecule has 0 saturated heterocycles. The summed E-state index contributed by atoms with van der Waals surface area (Å²) in [5.41, 5.74) is 7.20. The summed E-state index contributed by atoms with van der Waals surface area (Å²) in [7, 11) is 1.68. The first-order chi connectivity index (χ1) is 6.24. The highest BCUT2D eigenvalue weighted by atomic mass is 35.5. The molecule has 0 bridgehead atoms. The number of nitrogens with two attached hydrogens (primary N) is 1. The fourth-order valence-corrected chi connectivity index (χ4v) is 1.01. The lowest BCUT2D eigenvalue weighted by Gasteiger charge is -1.99. The van der Waals surface area contributed by atoms with E-state index in [0.717, 1.165) is 5.56 Å². The van der Waals surface area contributed by atoms with Crippen molar-refractivity contribution in [3.8, 4) is 0 Å². The lowest BCUT2D eigenvalue weighted by Crippen LogP contribution is -1.96. The molecule has 1 heterocycles. The maximum absolute atomic E-state index is 5.73. The first kappa shape index (κ1) is 9.74. The van der Waals surface area contributed by atoms with Crippen molar-refractivity contribution in [3.05, 3.63) is 35.1 Å². The fraction of sp³-hybridized carbons (Fsp3) is 0.111. The van der Waals surface area contributed by atoms with Crippen LogP contribution >= 0.6 is 11.6 Å². The highest BCUT2D eigenvalue weighted by Gasteiger charge is 1.96. The monoisotopic (exact) mass is 195 g/mol. The standard InChI is InChI=1S/C9H10ClN3/c1-12-4-3-8(11)7-2-5-13-9(10)6-7/h2-6H,11H2,1H3. The summed E-state index contributed by atoms with van der Waals surface area (Å²) >= 11 is 5.70. The summed E-state index contributed by atoms with van der Waals surface area (Å²) < 4.78 is 0. The smallest absolute Gasteiger partial charge is 0.129 e. The minimum Gasteiger partial charge on any atom is -0.398 e. The van der Waals surface area contributed by atoms with Crippen LogP contribution in [0.5, 0.6) is 0 Å². The fourth-order valence-electron chi connectivity index (χ4n) is 0.833. The Labute approximate surface area is 82.0 Å². The van der Waals surface area contributed by atoms with Gasteiger partial charge in [-0.15, -0.1) is 0 Å². The van der Waals surface area contributed by atoms with E-state index in [1.165, 1.54) is 0 Å². The van der Waals surface area contributed by atoms with E-state index in [0.29, 0.717) is 10.9 Å². The van der Waals surface area contributed by atoms with Gasteiger partial charge in [0.15, 0.2) is 0 Å². The van der Waals surface area contributed by atoms with Crippen LogP contribution in [0.3, 0.4) is 0 Å². The summed E-state index contributed by atoms with van der Waals surface area (Å²) in [6, 6.07) is 3.50. The second-order valence-corrected chi connectivity index (χ2v) is 2.78. The number of allylic oxidation sites excluding steroid dienone is 1. The first-order valence-corrected chi connectivity index (χ1v) is 4.11. The third-order valence-corrected chi connectivity index (χ3v) is 1.67. The van der Waals surface area contributed by atoms with Crippen LogP contribution in [0.15, 0.2) is 29.4 Å². The zero-order chi connectivity index (χ0) is 9.68. The predicted molar refractivity (Wildman–Crippen MR) is 55.8 cm³/mol. The molecule has 1 aromatic rings. The largest absolute Gasteiger partial charge is 0.398 e. The predicted octanol–water partition coefficient (Wildman–Crippen LogP) is 1.74. The highest BCUT2D eigenvalue weighted by molar-refractivity contribution is 6.29. The third kappa shape index (κ3) is 2.87. The van der Waals surface area contributed by atoms with Gasteiger partial charge in [-0.25, -0.2) is 4.98 Å². The van der Waals surface area contributed by atoms with E-state index in [1.807, 2.05) is 0 Å². The normalized spacial score (nSPS) is 12.3. The summed E-state index contributed by atoms with van der Waals surface area (Å²) in [4.78, 5) is 7.65. The molecule has 0 aromatic carbocycles. The molecule has 0 spiro atoms. The summed E-state index contributed by atoms with van der Waals surface area (Å²) in [5, 5.41) is 0.433. The van der Waals surface area contributed by atoms with Crippen LogP contribution in [0.25, 0.3) is 5.70 Å². The quantitative estimate of drug-likeness (QED) is 0.577.